The van der Waals surface area contributed by atoms with Gasteiger partial charge in [0.1, 0.15) is 17.3 Å². The van der Waals surface area contributed by atoms with Crippen LogP contribution in [0.25, 0.3) is 44.8 Å². The number of benzene rings is 3. The Balaban J connectivity index is 1.13. The maximum Gasteiger partial charge on any atom is 0.278 e. The van der Waals surface area contributed by atoms with E-state index in [0.717, 1.165) is 44.6 Å². The molecule has 11 heteroatoms. The van der Waals surface area contributed by atoms with Crippen molar-refractivity contribution in [3.8, 4) is 34.5 Å². The lowest BCUT2D eigenvalue weighted by molar-refractivity contribution is 0.414. The molecule has 0 bridgehead atoms. The van der Waals surface area contributed by atoms with Crippen LogP contribution in [0.3, 0.4) is 0 Å². The molecular weight excluding hydrogens is 530 g/mol. The van der Waals surface area contributed by atoms with E-state index >= 15 is 0 Å². The summed E-state index contributed by atoms with van der Waals surface area (Å²) in [6.07, 6.45) is 0. The van der Waals surface area contributed by atoms with Gasteiger partial charge in [0.25, 0.3) is 5.89 Å². The van der Waals surface area contributed by atoms with Crippen molar-refractivity contribution in [3.63, 3.8) is 0 Å². The van der Waals surface area contributed by atoms with Gasteiger partial charge >= 0.3 is 0 Å². The maximum atomic E-state index is 6.23. The van der Waals surface area contributed by atoms with E-state index in [4.69, 9.17) is 30.6 Å². The van der Waals surface area contributed by atoms with Gasteiger partial charge in [-0.15, -0.1) is 10.2 Å². The van der Waals surface area contributed by atoms with E-state index in [2.05, 4.69) is 31.0 Å². The molecule has 0 aliphatic carbocycles. The average Bonchev–Trinajstić information content (AvgIpc) is 3.49. The molecule has 3 aromatic heterocycles. The van der Waals surface area contributed by atoms with Gasteiger partial charge < -0.3 is 24.6 Å². The Morgan fingerprint density at radius 3 is 2.33 bits per heavy atom. The molecule has 0 radical (unpaired) electrons. The van der Waals surface area contributed by atoms with Gasteiger partial charge in [-0.2, -0.15) is 4.98 Å². The SMILES string of the molecule is COc1ccc(-c2noc(-c3ccc(NCCNc4c5ccc(Cl)cc5nc5ccc(OC)cc45)nn3)n2)cc1. The second-order valence-electron chi connectivity index (χ2n) is 8.84. The minimum absolute atomic E-state index is 0.290. The normalized spacial score (nSPS) is 11.1. The predicted molar refractivity (Wildman–Crippen MR) is 155 cm³/mol. The lowest BCUT2D eigenvalue weighted by Gasteiger charge is -2.14. The molecule has 10 nitrogen and oxygen atoms in total. The Labute approximate surface area is 234 Å². The van der Waals surface area contributed by atoms with Crippen molar-refractivity contribution in [2.75, 3.05) is 37.9 Å². The van der Waals surface area contributed by atoms with Crippen LogP contribution in [-0.4, -0.2) is 52.6 Å². The third-order valence-corrected chi connectivity index (χ3v) is 6.57. The Hall–Kier alpha value is -4.96. The molecule has 0 saturated carbocycles. The van der Waals surface area contributed by atoms with E-state index in [9.17, 15) is 0 Å². The van der Waals surface area contributed by atoms with Crippen LogP contribution >= 0.6 is 11.6 Å². The highest BCUT2D eigenvalue weighted by atomic mass is 35.5. The minimum Gasteiger partial charge on any atom is -0.497 e. The number of pyridine rings is 1. The van der Waals surface area contributed by atoms with Gasteiger partial charge in [-0.3, -0.25) is 0 Å². The number of ether oxygens (including phenoxy) is 2. The van der Waals surface area contributed by atoms with Crippen molar-refractivity contribution in [2.24, 2.45) is 0 Å². The second-order valence-corrected chi connectivity index (χ2v) is 9.28. The molecule has 3 aromatic carbocycles. The van der Waals surface area contributed by atoms with Crippen molar-refractivity contribution in [2.45, 2.75) is 0 Å². The van der Waals surface area contributed by atoms with E-state index in [1.807, 2.05) is 66.7 Å². The van der Waals surface area contributed by atoms with Crippen LogP contribution < -0.4 is 20.1 Å². The highest BCUT2D eigenvalue weighted by Crippen LogP contribution is 2.34. The molecule has 0 aliphatic heterocycles. The maximum absolute atomic E-state index is 6.23. The molecular formula is C29H24ClN7O3. The number of methoxy groups -OCH3 is 2. The standard InChI is InChI=1S/C29H24ClN7O3/c1-38-19-6-3-17(4-7-19)28-34-29(40-37-28)24-11-12-26(36-35-24)31-13-14-32-27-21-9-5-18(30)15-25(21)33-23-10-8-20(39-2)16-22(23)27/h3-12,15-16H,13-14H2,1-2H3,(H,31,36)(H,32,33). The zero-order chi connectivity index (χ0) is 27.5. The first-order valence-electron chi connectivity index (χ1n) is 12.5. The summed E-state index contributed by atoms with van der Waals surface area (Å²) in [6.45, 7) is 1.21. The number of halogens is 1. The molecule has 6 rings (SSSR count). The fraction of sp³-hybridized carbons (Fsp3) is 0.138. The third-order valence-electron chi connectivity index (χ3n) is 6.33. The molecule has 6 aromatic rings. The van der Waals surface area contributed by atoms with Crippen LogP contribution in [0.4, 0.5) is 11.5 Å². The monoisotopic (exact) mass is 553 g/mol. The Bertz CT molecular complexity index is 1790. The summed E-state index contributed by atoms with van der Waals surface area (Å²) in [5.41, 5.74) is 3.92. The first-order valence-corrected chi connectivity index (χ1v) is 12.9. The van der Waals surface area contributed by atoms with E-state index < -0.39 is 0 Å². The summed E-state index contributed by atoms with van der Waals surface area (Å²) < 4.78 is 16.0. The van der Waals surface area contributed by atoms with Gasteiger partial charge in [-0.05, 0) is 72.8 Å². The van der Waals surface area contributed by atoms with E-state index in [1.165, 1.54) is 0 Å². The fourth-order valence-corrected chi connectivity index (χ4v) is 4.48. The zero-order valence-electron chi connectivity index (χ0n) is 21.7. The predicted octanol–water partition coefficient (Wildman–Crippen LogP) is 6.09. The van der Waals surface area contributed by atoms with E-state index in [1.54, 1.807) is 20.3 Å². The summed E-state index contributed by atoms with van der Waals surface area (Å²) in [4.78, 5) is 9.21. The zero-order valence-corrected chi connectivity index (χ0v) is 22.4. The number of fused-ring (bicyclic) bond motifs is 2. The van der Waals surface area contributed by atoms with E-state index in [0.29, 0.717) is 41.3 Å². The van der Waals surface area contributed by atoms with Gasteiger partial charge in [-0.1, -0.05) is 16.8 Å². The average molecular weight is 554 g/mol. The Morgan fingerprint density at radius 1 is 0.750 bits per heavy atom. The first-order chi connectivity index (χ1) is 19.6. The number of anilines is 2. The summed E-state index contributed by atoms with van der Waals surface area (Å²) in [7, 11) is 3.27. The van der Waals surface area contributed by atoms with Crippen LogP contribution in [-0.2, 0) is 0 Å². The molecule has 0 amide bonds. The van der Waals surface area contributed by atoms with Crippen LogP contribution in [0.15, 0.2) is 77.3 Å². The van der Waals surface area contributed by atoms with E-state index in [-0.39, 0.29) is 0 Å². The number of nitrogens with zero attached hydrogens (tertiary/aromatic N) is 5. The summed E-state index contributed by atoms with van der Waals surface area (Å²) in [5.74, 6) is 2.89. The van der Waals surface area contributed by atoms with Gasteiger partial charge in [0.2, 0.25) is 5.82 Å². The van der Waals surface area contributed by atoms with Crippen molar-refractivity contribution < 1.29 is 14.0 Å². The number of rotatable bonds is 9. The van der Waals surface area contributed by atoms with Gasteiger partial charge in [0.05, 0.1) is 30.9 Å². The lowest BCUT2D eigenvalue weighted by Crippen LogP contribution is -2.15. The molecule has 40 heavy (non-hydrogen) atoms. The number of hydrogen-bond donors (Lipinski definition) is 2. The van der Waals surface area contributed by atoms with Crippen LogP contribution in [0.2, 0.25) is 5.02 Å². The quantitative estimate of drug-likeness (QED) is 0.161. The number of hydrogen-bond acceptors (Lipinski definition) is 10. The molecule has 0 saturated heterocycles. The summed E-state index contributed by atoms with van der Waals surface area (Å²) in [5, 5.41) is 22.0. The topological polar surface area (TPSA) is 120 Å². The van der Waals surface area contributed by atoms with Crippen molar-refractivity contribution in [1.82, 2.24) is 25.3 Å². The highest BCUT2D eigenvalue weighted by molar-refractivity contribution is 6.31. The van der Waals surface area contributed by atoms with Gasteiger partial charge in [0.15, 0.2) is 5.69 Å². The Morgan fingerprint density at radius 2 is 1.55 bits per heavy atom. The number of nitrogens with one attached hydrogen (secondary N) is 2. The molecule has 0 fully saturated rings. The molecule has 0 aliphatic rings. The largest absolute Gasteiger partial charge is 0.497 e. The summed E-state index contributed by atoms with van der Waals surface area (Å²) >= 11 is 6.23. The van der Waals surface area contributed by atoms with Gasteiger partial charge in [-0.25, -0.2) is 4.98 Å². The van der Waals surface area contributed by atoms with Gasteiger partial charge in [0, 0.05) is 34.4 Å². The summed E-state index contributed by atoms with van der Waals surface area (Å²) in [6, 6.07) is 22.5. The number of aromatic nitrogens is 5. The van der Waals surface area contributed by atoms with Crippen LogP contribution in [0.5, 0.6) is 11.5 Å². The lowest BCUT2D eigenvalue weighted by atomic mass is 10.1. The Kier molecular flexibility index (Phi) is 6.98. The van der Waals surface area contributed by atoms with Crippen molar-refractivity contribution >= 4 is 44.9 Å². The first kappa shape index (κ1) is 25.3. The smallest absolute Gasteiger partial charge is 0.278 e. The molecule has 0 atom stereocenters. The molecule has 3 heterocycles. The second kappa shape index (κ2) is 11.0. The molecule has 0 spiro atoms. The highest BCUT2D eigenvalue weighted by Gasteiger charge is 2.13. The molecule has 0 unspecified atom stereocenters. The minimum atomic E-state index is 0.290. The molecule has 200 valence electrons. The fourth-order valence-electron chi connectivity index (χ4n) is 4.32. The third kappa shape index (κ3) is 5.16. The van der Waals surface area contributed by atoms with Crippen LogP contribution in [0.1, 0.15) is 0 Å². The van der Waals surface area contributed by atoms with Crippen molar-refractivity contribution in [3.05, 3.63) is 77.8 Å². The molecule has 2 N–H and O–H groups in total. The van der Waals surface area contributed by atoms with Crippen molar-refractivity contribution in [1.29, 1.82) is 0 Å². The van der Waals surface area contributed by atoms with Crippen LogP contribution in [0, 0.1) is 0 Å².